The van der Waals surface area contributed by atoms with E-state index in [9.17, 15) is 5.11 Å². The molecule has 0 aliphatic carbocycles. The molecule has 0 saturated carbocycles. The first-order chi connectivity index (χ1) is 12.2. The third-order valence-electron chi connectivity index (χ3n) is 4.78. The van der Waals surface area contributed by atoms with Gasteiger partial charge in [0.2, 0.25) is 0 Å². The maximum Gasteiger partial charge on any atom is 0.124 e. The Hall–Kier alpha value is -2.33. The number of likely N-dealkylation sites (tertiary alicyclic amines) is 1. The van der Waals surface area contributed by atoms with Crippen LogP contribution in [0.15, 0.2) is 47.5 Å². The molecule has 1 saturated heterocycles. The normalized spacial score (nSPS) is 15.6. The number of nitrogens with one attached hydrogen (secondary N) is 1. The van der Waals surface area contributed by atoms with Gasteiger partial charge in [0.1, 0.15) is 18.0 Å². The van der Waals surface area contributed by atoms with Crippen molar-refractivity contribution in [3.63, 3.8) is 0 Å². The monoisotopic (exact) mass is 339 g/mol. The molecule has 1 heterocycles. The van der Waals surface area contributed by atoms with Crippen LogP contribution >= 0.6 is 0 Å². The van der Waals surface area contributed by atoms with E-state index in [2.05, 4.69) is 29.3 Å². The Morgan fingerprint density at radius 2 is 1.76 bits per heavy atom. The van der Waals surface area contributed by atoms with E-state index in [-0.39, 0.29) is 5.75 Å². The molecular weight excluding hydrogens is 312 g/mol. The quantitative estimate of drug-likeness (QED) is 0.795. The van der Waals surface area contributed by atoms with Gasteiger partial charge in [-0.3, -0.25) is 4.99 Å². The van der Waals surface area contributed by atoms with Gasteiger partial charge in [-0.1, -0.05) is 24.3 Å². The molecule has 0 amide bonds. The standard InChI is InChI=1S/C21H26N2O2/c1-25-20-9-10-21(24)19(13-20)15-22-14-17-5-7-18(8-6-17)16-23-11-3-2-4-12-23/h5-10,13,15,24H,2-4,11-12,14,16H2,1H3/p+1. The number of quaternary nitrogens is 1. The second kappa shape index (κ2) is 8.67. The first-order valence-electron chi connectivity index (χ1n) is 9.03. The second-order valence-electron chi connectivity index (χ2n) is 6.70. The second-order valence-corrected chi connectivity index (χ2v) is 6.70. The molecule has 132 valence electrons. The molecule has 2 aromatic carbocycles. The summed E-state index contributed by atoms with van der Waals surface area (Å²) >= 11 is 0. The van der Waals surface area contributed by atoms with Crippen LogP contribution in [0.25, 0.3) is 0 Å². The Morgan fingerprint density at radius 1 is 1.04 bits per heavy atom. The average Bonchev–Trinajstić information content (AvgIpc) is 2.65. The molecule has 0 unspecified atom stereocenters. The van der Waals surface area contributed by atoms with Crippen molar-refractivity contribution in [2.45, 2.75) is 32.4 Å². The van der Waals surface area contributed by atoms with Crippen molar-refractivity contribution in [1.29, 1.82) is 0 Å². The maximum atomic E-state index is 9.87. The summed E-state index contributed by atoms with van der Waals surface area (Å²) in [6.45, 7) is 4.33. The summed E-state index contributed by atoms with van der Waals surface area (Å²) in [4.78, 5) is 6.15. The first kappa shape index (κ1) is 17.5. The molecular formula is C21H27N2O2+. The van der Waals surface area contributed by atoms with E-state index in [0.29, 0.717) is 17.9 Å². The van der Waals surface area contributed by atoms with Crippen LogP contribution in [0.2, 0.25) is 0 Å². The number of hydrogen-bond donors (Lipinski definition) is 2. The van der Waals surface area contributed by atoms with E-state index in [1.165, 1.54) is 43.5 Å². The van der Waals surface area contributed by atoms with Gasteiger partial charge in [0.05, 0.1) is 26.7 Å². The number of piperidine rings is 1. The fourth-order valence-corrected chi connectivity index (χ4v) is 3.29. The zero-order valence-corrected chi connectivity index (χ0v) is 14.9. The topological polar surface area (TPSA) is 46.3 Å². The summed E-state index contributed by atoms with van der Waals surface area (Å²) in [5, 5.41) is 9.87. The predicted octanol–water partition coefficient (Wildman–Crippen LogP) is 2.59. The largest absolute Gasteiger partial charge is 0.507 e. The number of phenols is 1. The smallest absolute Gasteiger partial charge is 0.124 e. The van der Waals surface area contributed by atoms with Gasteiger partial charge in [-0.15, -0.1) is 0 Å². The van der Waals surface area contributed by atoms with Gasteiger partial charge in [-0.2, -0.15) is 0 Å². The van der Waals surface area contributed by atoms with Gasteiger partial charge < -0.3 is 14.7 Å². The van der Waals surface area contributed by atoms with E-state index >= 15 is 0 Å². The van der Waals surface area contributed by atoms with Crippen LogP contribution in [0.3, 0.4) is 0 Å². The highest BCUT2D eigenvalue weighted by molar-refractivity contribution is 5.84. The van der Waals surface area contributed by atoms with Crippen molar-refractivity contribution < 1.29 is 14.7 Å². The summed E-state index contributed by atoms with van der Waals surface area (Å²) in [5.41, 5.74) is 3.25. The molecule has 0 spiro atoms. The summed E-state index contributed by atoms with van der Waals surface area (Å²) in [6, 6.07) is 13.9. The minimum Gasteiger partial charge on any atom is -0.507 e. The van der Waals surface area contributed by atoms with Crippen molar-refractivity contribution in [2.75, 3.05) is 20.2 Å². The minimum atomic E-state index is 0.212. The molecule has 1 aliphatic heterocycles. The van der Waals surface area contributed by atoms with Gasteiger partial charge in [0.15, 0.2) is 0 Å². The van der Waals surface area contributed by atoms with Crippen molar-refractivity contribution in [1.82, 2.24) is 0 Å². The zero-order chi connectivity index (χ0) is 17.5. The van der Waals surface area contributed by atoms with Crippen LogP contribution in [0.5, 0.6) is 11.5 Å². The molecule has 1 fully saturated rings. The molecule has 0 radical (unpaired) electrons. The molecule has 4 nitrogen and oxygen atoms in total. The lowest BCUT2D eigenvalue weighted by Gasteiger charge is -2.23. The lowest BCUT2D eigenvalue weighted by molar-refractivity contribution is -0.918. The Labute approximate surface area is 149 Å². The van der Waals surface area contributed by atoms with Crippen molar-refractivity contribution in [3.8, 4) is 11.5 Å². The van der Waals surface area contributed by atoms with Crippen LogP contribution in [0.4, 0.5) is 0 Å². The summed E-state index contributed by atoms with van der Waals surface area (Å²) in [6.07, 6.45) is 5.81. The van der Waals surface area contributed by atoms with Gasteiger partial charge in [0.25, 0.3) is 0 Å². The lowest BCUT2D eigenvalue weighted by atomic mass is 10.1. The highest BCUT2D eigenvalue weighted by Crippen LogP contribution is 2.21. The van der Waals surface area contributed by atoms with E-state index < -0.39 is 0 Å². The molecule has 3 rings (SSSR count). The lowest BCUT2D eigenvalue weighted by Crippen LogP contribution is -3.11. The molecule has 0 aromatic heterocycles. The number of ether oxygens (including phenoxy) is 1. The summed E-state index contributed by atoms with van der Waals surface area (Å²) < 4.78 is 5.18. The molecule has 2 N–H and O–H groups in total. The van der Waals surface area contributed by atoms with Crippen LogP contribution < -0.4 is 9.64 Å². The average molecular weight is 339 g/mol. The Kier molecular flexibility index (Phi) is 6.07. The van der Waals surface area contributed by atoms with Gasteiger partial charge in [-0.25, -0.2) is 0 Å². The van der Waals surface area contributed by atoms with Crippen molar-refractivity contribution >= 4 is 6.21 Å². The summed E-state index contributed by atoms with van der Waals surface area (Å²) in [7, 11) is 1.61. The van der Waals surface area contributed by atoms with Crippen LogP contribution in [0, 0.1) is 0 Å². The zero-order valence-electron chi connectivity index (χ0n) is 14.9. The van der Waals surface area contributed by atoms with Gasteiger partial charge >= 0.3 is 0 Å². The number of nitrogens with zero attached hydrogens (tertiary/aromatic N) is 1. The highest BCUT2D eigenvalue weighted by Gasteiger charge is 2.13. The van der Waals surface area contributed by atoms with E-state index in [1.807, 2.05) is 0 Å². The molecule has 0 atom stereocenters. The van der Waals surface area contributed by atoms with E-state index in [0.717, 1.165) is 6.54 Å². The minimum absolute atomic E-state index is 0.212. The third-order valence-corrected chi connectivity index (χ3v) is 4.78. The fraction of sp³-hybridized carbons (Fsp3) is 0.381. The fourth-order valence-electron chi connectivity index (χ4n) is 3.29. The van der Waals surface area contributed by atoms with Crippen LogP contribution in [-0.2, 0) is 13.1 Å². The Morgan fingerprint density at radius 3 is 2.48 bits per heavy atom. The molecule has 0 bridgehead atoms. The number of phenolic OH excluding ortho intramolecular Hbond substituents is 1. The highest BCUT2D eigenvalue weighted by atomic mass is 16.5. The van der Waals surface area contributed by atoms with Crippen molar-refractivity contribution in [3.05, 3.63) is 59.2 Å². The van der Waals surface area contributed by atoms with Crippen molar-refractivity contribution in [2.24, 2.45) is 4.99 Å². The summed E-state index contributed by atoms with van der Waals surface area (Å²) in [5.74, 6) is 0.924. The SMILES string of the molecule is COc1ccc(O)c(C=NCc2ccc(C[NH+]3CCCCC3)cc2)c1. The van der Waals surface area contributed by atoms with Crippen LogP contribution in [0.1, 0.15) is 36.0 Å². The van der Waals surface area contributed by atoms with Gasteiger partial charge in [0, 0.05) is 17.3 Å². The van der Waals surface area contributed by atoms with E-state index in [4.69, 9.17) is 4.74 Å². The van der Waals surface area contributed by atoms with Gasteiger partial charge in [-0.05, 0) is 43.0 Å². The Balaban J connectivity index is 1.56. The Bertz CT molecular complexity index is 704. The molecule has 25 heavy (non-hydrogen) atoms. The number of aromatic hydroxyl groups is 1. The first-order valence-corrected chi connectivity index (χ1v) is 9.03. The third kappa shape index (κ3) is 5.07. The molecule has 2 aromatic rings. The number of aliphatic imine (C=N–C) groups is 1. The maximum absolute atomic E-state index is 9.87. The van der Waals surface area contributed by atoms with E-state index in [1.54, 1.807) is 36.4 Å². The number of hydrogen-bond acceptors (Lipinski definition) is 3. The number of methoxy groups -OCH3 is 1. The predicted molar refractivity (Wildman–Crippen MR) is 101 cm³/mol. The number of rotatable bonds is 6. The molecule has 4 heteroatoms. The molecule has 1 aliphatic rings. The number of benzene rings is 2. The van der Waals surface area contributed by atoms with Crippen LogP contribution in [-0.4, -0.2) is 31.5 Å².